The molecule has 0 unspecified atom stereocenters. The molecule has 2 rings (SSSR count). The molecular formula is C15H15Li2N. The molecule has 0 radical (unpaired) electrons. The minimum Gasteiger partial charge on any atom is -0.391 e. The zero-order chi connectivity index (χ0) is 11.5. The Bertz CT molecular complexity index is 417. The molecule has 18 heavy (non-hydrogen) atoms. The molecule has 82 valence electrons. The van der Waals surface area contributed by atoms with E-state index in [1.165, 1.54) is 11.1 Å². The fourth-order valence-electron chi connectivity index (χ4n) is 1.54. The van der Waals surface area contributed by atoms with Crippen LogP contribution in [0.5, 0.6) is 0 Å². The van der Waals surface area contributed by atoms with Gasteiger partial charge in [-0.25, -0.2) is 0 Å². The van der Waals surface area contributed by atoms with E-state index < -0.39 is 0 Å². The number of hydrogen-bond donors (Lipinski definition) is 0. The number of benzene rings is 2. The predicted octanol–water partition coefficient (Wildman–Crippen LogP) is -2.32. The van der Waals surface area contributed by atoms with Crippen LogP contribution in [0.2, 0.25) is 0 Å². The molecule has 2 aromatic carbocycles. The van der Waals surface area contributed by atoms with Crippen molar-refractivity contribution in [1.29, 1.82) is 0 Å². The molecule has 0 saturated heterocycles. The Hall–Kier alpha value is -0.565. The van der Waals surface area contributed by atoms with E-state index in [9.17, 15) is 0 Å². The predicted molar refractivity (Wildman–Crippen MR) is 68.1 cm³/mol. The maximum atomic E-state index is 3.26. The van der Waals surface area contributed by atoms with Gasteiger partial charge in [0.15, 0.2) is 0 Å². The van der Waals surface area contributed by atoms with Crippen molar-refractivity contribution in [1.82, 2.24) is 0 Å². The summed E-state index contributed by atoms with van der Waals surface area (Å²) in [5.41, 5.74) is 4.58. The molecule has 0 spiro atoms. The molecule has 0 heterocycles. The van der Waals surface area contributed by atoms with Gasteiger partial charge >= 0.3 is 37.7 Å². The van der Waals surface area contributed by atoms with Crippen molar-refractivity contribution >= 4 is 11.4 Å². The quantitative estimate of drug-likeness (QED) is 0.408. The fourth-order valence-corrected chi connectivity index (χ4v) is 1.54. The monoisotopic (exact) mass is 223 g/mol. The molecule has 0 aliphatic rings. The van der Waals surface area contributed by atoms with Gasteiger partial charge in [0.1, 0.15) is 0 Å². The van der Waals surface area contributed by atoms with Gasteiger partial charge in [-0.1, -0.05) is 25.2 Å². The molecule has 0 amide bonds. The standard InChI is InChI=1S/C15H15N.2Li/c1-12-4-8-14(9-5-12)16(3)15-10-6-13(2)7-11-15;;/h4-8,10H,1-3H3;;/q-2;2*+1. The second kappa shape index (κ2) is 7.78. The van der Waals surface area contributed by atoms with Gasteiger partial charge in [-0.05, 0) is 0 Å². The first kappa shape index (κ1) is 17.4. The molecule has 0 aromatic heterocycles. The van der Waals surface area contributed by atoms with E-state index in [1.807, 2.05) is 19.2 Å². The molecule has 0 bridgehead atoms. The topological polar surface area (TPSA) is 3.24 Å². The second-order valence-electron chi connectivity index (χ2n) is 4.06. The van der Waals surface area contributed by atoms with Crippen LogP contribution in [0.25, 0.3) is 0 Å². The third-order valence-corrected chi connectivity index (χ3v) is 2.63. The Morgan fingerprint density at radius 3 is 1.44 bits per heavy atom. The van der Waals surface area contributed by atoms with Crippen LogP contribution in [0.4, 0.5) is 11.4 Å². The van der Waals surface area contributed by atoms with Crippen LogP contribution in [-0.2, 0) is 0 Å². The zero-order valence-corrected chi connectivity index (χ0v) is 11.9. The minimum absolute atomic E-state index is 0. The zero-order valence-electron chi connectivity index (χ0n) is 11.9. The van der Waals surface area contributed by atoms with Gasteiger partial charge in [-0.2, -0.15) is 47.5 Å². The van der Waals surface area contributed by atoms with Crippen LogP contribution in [0.1, 0.15) is 11.1 Å². The van der Waals surface area contributed by atoms with Gasteiger partial charge in [0, 0.05) is 7.05 Å². The van der Waals surface area contributed by atoms with Crippen molar-refractivity contribution in [2.45, 2.75) is 13.8 Å². The van der Waals surface area contributed by atoms with E-state index in [2.05, 4.69) is 55.1 Å². The van der Waals surface area contributed by atoms with Crippen molar-refractivity contribution in [2.24, 2.45) is 0 Å². The Kier molecular flexibility index (Phi) is 7.53. The van der Waals surface area contributed by atoms with Crippen LogP contribution in [-0.4, -0.2) is 7.05 Å². The third kappa shape index (κ3) is 4.27. The maximum absolute atomic E-state index is 3.26. The fraction of sp³-hybridized carbons (Fsp3) is 0.200. The second-order valence-corrected chi connectivity index (χ2v) is 4.06. The molecule has 2 aromatic rings. The van der Waals surface area contributed by atoms with Crippen LogP contribution < -0.4 is 42.6 Å². The smallest absolute Gasteiger partial charge is 0.391 e. The summed E-state index contributed by atoms with van der Waals surface area (Å²) in [6.07, 6.45) is 0. The van der Waals surface area contributed by atoms with Crippen molar-refractivity contribution < 1.29 is 37.7 Å². The summed E-state index contributed by atoms with van der Waals surface area (Å²) in [7, 11) is 2.03. The average Bonchev–Trinajstić information content (AvgIpc) is 2.30. The summed E-state index contributed by atoms with van der Waals surface area (Å²) in [5.74, 6) is 0. The van der Waals surface area contributed by atoms with Gasteiger partial charge < -0.3 is 4.90 Å². The summed E-state index contributed by atoms with van der Waals surface area (Å²) in [6.45, 7) is 4.14. The van der Waals surface area contributed by atoms with E-state index in [4.69, 9.17) is 0 Å². The molecule has 0 fully saturated rings. The Balaban J connectivity index is 0.00000144. The number of rotatable bonds is 2. The number of anilines is 2. The molecule has 0 saturated carbocycles. The first-order valence-corrected chi connectivity index (χ1v) is 5.37. The molecule has 3 heteroatoms. The van der Waals surface area contributed by atoms with Crippen LogP contribution in [0.3, 0.4) is 0 Å². The van der Waals surface area contributed by atoms with Crippen molar-refractivity contribution in [2.75, 3.05) is 11.9 Å². The number of aryl methyl sites for hydroxylation is 2. The van der Waals surface area contributed by atoms with E-state index in [-0.39, 0.29) is 37.7 Å². The average molecular weight is 223 g/mol. The van der Waals surface area contributed by atoms with Crippen LogP contribution in [0.15, 0.2) is 36.4 Å². The summed E-state index contributed by atoms with van der Waals surface area (Å²) in [6, 6.07) is 18.8. The van der Waals surface area contributed by atoms with Crippen molar-refractivity contribution in [3.63, 3.8) is 0 Å². The Morgan fingerprint density at radius 1 is 0.778 bits per heavy atom. The van der Waals surface area contributed by atoms with Crippen LogP contribution >= 0.6 is 0 Å². The normalized spacial score (nSPS) is 9.06. The van der Waals surface area contributed by atoms with Crippen molar-refractivity contribution in [3.8, 4) is 0 Å². The van der Waals surface area contributed by atoms with E-state index in [0.29, 0.717) is 0 Å². The molecular weight excluding hydrogens is 208 g/mol. The third-order valence-electron chi connectivity index (χ3n) is 2.63. The molecule has 0 aliphatic heterocycles. The number of nitrogens with zero attached hydrogens (tertiary/aromatic N) is 1. The van der Waals surface area contributed by atoms with Crippen molar-refractivity contribution in [3.05, 3.63) is 59.7 Å². The first-order chi connectivity index (χ1) is 7.66. The summed E-state index contributed by atoms with van der Waals surface area (Å²) < 4.78 is 0. The first-order valence-electron chi connectivity index (χ1n) is 5.37. The molecule has 0 aliphatic carbocycles. The maximum Gasteiger partial charge on any atom is 1.00 e. The van der Waals surface area contributed by atoms with Gasteiger partial charge in [0.25, 0.3) is 0 Å². The summed E-state index contributed by atoms with van der Waals surface area (Å²) in [5, 5.41) is 0. The van der Waals surface area contributed by atoms with Crippen LogP contribution in [0, 0.1) is 26.0 Å². The van der Waals surface area contributed by atoms with Gasteiger partial charge in [-0.15, -0.1) is 12.1 Å². The largest absolute Gasteiger partial charge is 1.00 e. The summed E-state index contributed by atoms with van der Waals surface area (Å²) >= 11 is 0. The van der Waals surface area contributed by atoms with Gasteiger partial charge in [0.05, 0.1) is 0 Å². The van der Waals surface area contributed by atoms with Gasteiger partial charge in [-0.3, -0.25) is 0 Å². The Labute approximate surface area is 134 Å². The molecule has 0 atom stereocenters. The van der Waals surface area contributed by atoms with E-state index in [0.717, 1.165) is 11.4 Å². The Morgan fingerprint density at radius 2 is 1.17 bits per heavy atom. The SMILES string of the molecule is Cc1c[c-]c(N(C)c2[c-]cc(C)cc2)cc1.[Li+].[Li+]. The number of hydrogen-bond acceptors (Lipinski definition) is 1. The van der Waals surface area contributed by atoms with E-state index in [1.54, 1.807) is 0 Å². The summed E-state index contributed by atoms with van der Waals surface area (Å²) in [4.78, 5) is 2.08. The molecule has 0 N–H and O–H groups in total. The van der Waals surface area contributed by atoms with E-state index >= 15 is 0 Å². The molecule has 1 nitrogen and oxygen atoms in total. The van der Waals surface area contributed by atoms with Gasteiger partial charge in [0.2, 0.25) is 0 Å². The minimum atomic E-state index is 0.